The van der Waals surface area contributed by atoms with Crippen molar-refractivity contribution in [3.8, 4) is 17.2 Å². The van der Waals surface area contributed by atoms with Crippen LogP contribution < -0.4 is 15.2 Å². The van der Waals surface area contributed by atoms with Crippen LogP contribution in [0.4, 0.5) is 0 Å². The number of hydrogen-bond donors (Lipinski definition) is 2. The van der Waals surface area contributed by atoms with Crippen molar-refractivity contribution in [3.63, 3.8) is 0 Å². The predicted octanol–water partition coefficient (Wildman–Crippen LogP) is 3.80. The second-order valence-corrected chi connectivity index (χ2v) is 5.35. The van der Waals surface area contributed by atoms with Crippen LogP contribution in [-0.2, 0) is 0 Å². The number of nitrogens with two attached hydrogens (primary N) is 1. The Morgan fingerprint density at radius 3 is 2.52 bits per heavy atom. The Hall–Kier alpha value is -2.14. The maximum Gasteiger partial charge on any atom is 0.169 e. The minimum absolute atomic E-state index is 0.0129. The zero-order valence-electron chi connectivity index (χ0n) is 12.3. The average Bonchev–Trinajstić information content (AvgIpc) is 2.48. The smallest absolute Gasteiger partial charge is 0.169 e. The molecule has 0 fully saturated rings. The number of thioether (sulfide) groups is 1. The summed E-state index contributed by atoms with van der Waals surface area (Å²) in [5.74, 6) is 1.79. The summed E-state index contributed by atoms with van der Waals surface area (Å²) in [5, 5.41) is 7.77. The SMILES string of the molecule is COc1cc(C)ccc1Oc1cccc(SC)c1C(=N)N. The van der Waals surface area contributed by atoms with Gasteiger partial charge in [0, 0.05) is 4.90 Å². The lowest BCUT2D eigenvalue weighted by Gasteiger charge is -2.15. The van der Waals surface area contributed by atoms with Gasteiger partial charge >= 0.3 is 0 Å². The number of rotatable bonds is 5. The second-order valence-electron chi connectivity index (χ2n) is 4.50. The number of benzene rings is 2. The fourth-order valence-corrected chi connectivity index (χ4v) is 2.64. The molecule has 3 N–H and O–H groups in total. The van der Waals surface area contributed by atoms with Gasteiger partial charge < -0.3 is 15.2 Å². The van der Waals surface area contributed by atoms with Crippen LogP contribution in [0.1, 0.15) is 11.1 Å². The Morgan fingerprint density at radius 1 is 1.14 bits per heavy atom. The van der Waals surface area contributed by atoms with Gasteiger partial charge in [-0.25, -0.2) is 0 Å². The topological polar surface area (TPSA) is 68.3 Å². The van der Waals surface area contributed by atoms with Crippen molar-refractivity contribution in [1.82, 2.24) is 0 Å². The normalized spacial score (nSPS) is 10.2. The zero-order valence-corrected chi connectivity index (χ0v) is 13.1. The van der Waals surface area contributed by atoms with Crippen LogP contribution in [0.5, 0.6) is 17.2 Å². The van der Waals surface area contributed by atoms with E-state index in [2.05, 4.69) is 0 Å². The number of aryl methyl sites for hydroxylation is 1. The first-order valence-corrected chi connectivity index (χ1v) is 7.63. The highest BCUT2D eigenvalue weighted by atomic mass is 32.2. The van der Waals surface area contributed by atoms with Crippen LogP contribution in [0.15, 0.2) is 41.3 Å². The van der Waals surface area contributed by atoms with Crippen LogP contribution in [0.3, 0.4) is 0 Å². The number of amidine groups is 1. The van der Waals surface area contributed by atoms with Gasteiger partial charge in [-0.1, -0.05) is 12.1 Å². The fraction of sp³-hybridized carbons (Fsp3) is 0.188. The minimum Gasteiger partial charge on any atom is -0.493 e. The number of nitrogen functional groups attached to an aromatic ring is 1. The van der Waals surface area contributed by atoms with Crippen molar-refractivity contribution in [2.24, 2.45) is 5.73 Å². The van der Waals surface area contributed by atoms with E-state index in [0.29, 0.717) is 22.8 Å². The Bertz CT molecular complexity index is 671. The van der Waals surface area contributed by atoms with E-state index in [1.165, 1.54) is 11.8 Å². The molecule has 0 aromatic heterocycles. The Morgan fingerprint density at radius 2 is 1.90 bits per heavy atom. The Balaban J connectivity index is 2.47. The molecule has 21 heavy (non-hydrogen) atoms. The lowest BCUT2D eigenvalue weighted by molar-refractivity contribution is 0.378. The van der Waals surface area contributed by atoms with Gasteiger partial charge in [0.15, 0.2) is 11.5 Å². The van der Waals surface area contributed by atoms with E-state index in [0.717, 1.165) is 10.5 Å². The largest absolute Gasteiger partial charge is 0.493 e. The lowest BCUT2D eigenvalue weighted by Crippen LogP contribution is -2.13. The van der Waals surface area contributed by atoms with Gasteiger partial charge in [0.25, 0.3) is 0 Å². The van der Waals surface area contributed by atoms with Crippen LogP contribution in [-0.4, -0.2) is 19.2 Å². The van der Waals surface area contributed by atoms with E-state index >= 15 is 0 Å². The molecule has 0 atom stereocenters. The molecule has 0 aliphatic heterocycles. The quantitative estimate of drug-likeness (QED) is 0.501. The first-order valence-electron chi connectivity index (χ1n) is 6.40. The summed E-state index contributed by atoms with van der Waals surface area (Å²) in [4.78, 5) is 0.908. The monoisotopic (exact) mass is 302 g/mol. The maximum absolute atomic E-state index is 7.77. The molecule has 0 saturated carbocycles. The van der Waals surface area contributed by atoms with Crippen molar-refractivity contribution < 1.29 is 9.47 Å². The molecule has 5 heteroatoms. The molecule has 0 aliphatic carbocycles. The van der Waals surface area contributed by atoms with E-state index in [-0.39, 0.29) is 5.84 Å². The Kier molecular flexibility index (Phi) is 4.75. The van der Waals surface area contributed by atoms with Gasteiger partial charge in [0.2, 0.25) is 0 Å². The van der Waals surface area contributed by atoms with Gasteiger partial charge in [0.05, 0.1) is 12.7 Å². The highest BCUT2D eigenvalue weighted by molar-refractivity contribution is 7.98. The number of hydrogen-bond acceptors (Lipinski definition) is 4. The zero-order chi connectivity index (χ0) is 15.4. The van der Waals surface area contributed by atoms with E-state index in [4.69, 9.17) is 20.6 Å². The number of methoxy groups -OCH3 is 1. The van der Waals surface area contributed by atoms with E-state index in [9.17, 15) is 0 Å². The second kappa shape index (κ2) is 6.54. The summed E-state index contributed by atoms with van der Waals surface area (Å²) in [6.07, 6.45) is 1.94. The van der Waals surface area contributed by atoms with Crippen LogP contribution >= 0.6 is 11.8 Å². The molecule has 0 aliphatic rings. The predicted molar refractivity (Wildman–Crippen MR) is 87.0 cm³/mol. The summed E-state index contributed by atoms with van der Waals surface area (Å²) in [6, 6.07) is 11.3. The molecule has 0 saturated heterocycles. The molecule has 0 amide bonds. The summed E-state index contributed by atoms with van der Waals surface area (Å²) in [5.41, 5.74) is 7.39. The highest BCUT2D eigenvalue weighted by Gasteiger charge is 2.14. The lowest BCUT2D eigenvalue weighted by atomic mass is 10.1. The molecule has 0 bridgehead atoms. The summed E-state index contributed by atoms with van der Waals surface area (Å²) < 4.78 is 11.3. The van der Waals surface area contributed by atoms with E-state index < -0.39 is 0 Å². The first kappa shape index (κ1) is 15.3. The standard InChI is InChI=1S/C16H18N2O2S/c1-10-7-8-11(13(9-10)19-2)20-12-5-4-6-14(21-3)15(12)16(17)18/h4-9H,1-3H3,(H3,17,18). The third-order valence-corrected chi connectivity index (χ3v) is 3.80. The van der Waals surface area contributed by atoms with Crippen LogP contribution in [0, 0.1) is 12.3 Å². The Labute approximate surface area is 128 Å². The molecule has 2 aromatic carbocycles. The minimum atomic E-state index is -0.0129. The van der Waals surface area contributed by atoms with Crippen molar-refractivity contribution in [1.29, 1.82) is 5.41 Å². The highest BCUT2D eigenvalue weighted by Crippen LogP contribution is 2.36. The summed E-state index contributed by atoms with van der Waals surface area (Å²) in [7, 11) is 1.60. The molecule has 4 nitrogen and oxygen atoms in total. The molecule has 0 heterocycles. The van der Waals surface area contributed by atoms with Crippen LogP contribution in [0.2, 0.25) is 0 Å². The van der Waals surface area contributed by atoms with Gasteiger partial charge in [-0.3, -0.25) is 5.41 Å². The summed E-state index contributed by atoms with van der Waals surface area (Å²) in [6.45, 7) is 1.99. The maximum atomic E-state index is 7.77. The number of nitrogens with one attached hydrogen (secondary N) is 1. The van der Waals surface area contributed by atoms with Gasteiger partial charge in [-0.05, 0) is 43.0 Å². The third kappa shape index (κ3) is 3.31. The van der Waals surface area contributed by atoms with Gasteiger partial charge in [-0.15, -0.1) is 11.8 Å². The molecule has 0 unspecified atom stereocenters. The molecule has 0 spiro atoms. The molecular weight excluding hydrogens is 284 g/mol. The number of ether oxygens (including phenoxy) is 2. The van der Waals surface area contributed by atoms with Crippen molar-refractivity contribution in [2.75, 3.05) is 13.4 Å². The fourth-order valence-electron chi connectivity index (χ4n) is 2.01. The molecule has 2 aromatic rings. The molecule has 2 rings (SSSR count). The van der Waals surface area contributed by atoms with Crippen molar-refractivity contribution in [3.05, 3.63) is 47.5 Å². The van der Waals surface area contributed by atoms with Crippen LogP contribution in [0.25, 0.3) is 0 Å². The van der Waals surface area contributed by atoms with Crippen molar-refractivity contribution >= 4 is 17.6 Å². The summed E-state index contributed by atoms with van der Waals surface area (Å²) >= 11 is 1.53. The van der Waals surface area contributed by atoms with Gasteiger partial charge in [0.1, 0.15) is 11.6 Å². The molecule has 0 radical (unpaired) electrons. The molecular formula is C16H18N2O2S. The van der Waals surface area contributed by atoms with E-state index in [1.54, 1.807) is 13.2 Å². The average molecular weight is 302 g/mol. The van der Waals surface area contributed by atoms with Crippen molar-refractivity contribution in [2.45, 2.75) is 11.8 Å². The third-order valence-electron chi connectivity index (χ3n) is 3.02. The van der Waals surface area contributed by atoms with E-state index in [1.807, 2.05) is 43.5 Å². The molecule has 110 valence electrons. The van der Waals surface area contributed by atoms with Gasteiger partial charge in [-0.2, -0.15) is 0 Å². The first-order chi connectivity index (χ1) is 10.1.